The molecule has 0 spiro atoms. The Labute approximate surface area is 196 Å². The van der Waals surface area contributed by atoms with E-state index in [4.69, 9.17) is 4.74 Å². The lowest BCUT2D eigenvalue weighted by molar-refractivity contribution is -0.145. The number of halogens is 1. The van der Waals surface area contributed by atoms with E-state index in [2.05, 4.69) is 10.6 Å². The number of hydrogen-bond acceptors (Lipinski definition) is 7. The van der Waals surface area contributed by atoms with E-state index >= 15 is 0 Å². The van der Waals surface area contributed by atoms with Crippen LogP contribution in [0.3, 0.4) is 0 Å². The molecule has 0 radical (unpaired) electrons. The van der Waals surface area contributed by atoms with Crippen LogP contribution in [0.1, 0.15) is 57.8 Å². The Morgan fingerprint density at radius 1 is 0.938 bits per heavy atom. The summed E-state index contributed by atoms with van der Waals surface area (Å²) in [5.74, 6) is 2.42. The summed E-state index contributed by atoms with van der Waals surface area (Å²) in [4.78, 5) is 12.3. The number of carbonyl (C=O) groups is 1. The van der Waals surface area contributed by atoms with Gasteiger partial charge in [0.15, 0.2) is 0 Å². The molecule has 6 N–H and O–H groups in total. The van der Waals surface area contributed by atoms with Crippen molar-refractivity contribution in [3.05, 3.63) is 0 Å². The van der Waals surface area contributed by atoms with Crippen molar-refractivity contribution < 1.29 is 30.0 Å². The van der Waals surface area contributed by atoms with E-state index in [1.54, 1.807) is 0 Å². The molecule has 0 aromatic heterocycles. The molecule has 9 heteroatoms. The van der Waals surface area contributed by atoms with Gasteiger partial charge in [-0.25, -0.2) is 0 Å². The van der Waals surface area contributed by atoms with Crippen molar-refractivity contribution in [2.45, 2.75) is 88.2 Å². The number of nitrogens with one attached hydrogen (secondary N) is 2. The highest BCUT2D eigenvalue weighted by atomic mass is 35.5. The van der Waals surface area contributed by atoms with Crippen molar-refractivity contribution in [3.8, 4) is 0 Å². The first-order valence-corrected chi connectivity index (χ1v) is 12.2. The van der Waals surface area contributed by atoms with E-state index in [1.165, 1.54) is 38.5 Å². The molecule has 8 nitrogen and oxygen atoms in total. The number of amides is 1. The second kappa shape index (κ2) is 11.3. The number of unbranched alkanes of at least 4 members (excludes halogenated alkanes) is 2. The lowest BCUT2D eigenvalue weighted by Crippen LogP contribution is -2.69. The SMILES string of the molecule is Cl.O=C(NCCCCCOCC12CC3CC(CC(C3)C1)C2)[C@@H]1N[C@@H](CO)[C@@H](O)[C@H](O)[C@H]1O. The first-order chi connectivity index (χ1) is 14.9. The summed E-state index contributed by atoms with van der Waals surface area (Å²) >= 11 is 0. The standard InChI is InChI=1S/C23H40N2O6.ClH/c26-12-17-19(27)21(29)20(28)18(25-17)22(30)24-4-2-1-3-5-31-13-23-9-14-6-15(10-23)8-16(7-14)11-23;/h14-21,25-29H,1-13H2,(H,24,30);1H/t14?,15?,16?,17-,18+,19+,20-,21-,23?;/m0./s1. The van der Waals surface area contributed by atoms with Gasteiger partial charge in [-0.2, -0.15) is 0 Å². The van der Waals surface area contributed by atoms with E-state index in [9.17, 15) is 25.2 Å². The summed E-state index contributed by atoms with van der Waals surface area (Å²) < 4.78 is 6.10. The van der Waals surface area contributed by atoms with Crippen molar-refractivity contribution in [3.63, 3.8) is 0 Å². The maximum absolute atomic E-state index is 12.3. The molecular formula is C23H41ClN2O6. The van der Waals surface area contributed by atoms with Crippen LogP contribution in [0.2, 0.25) is 0 Å². The highest BCUT2D eigenvalue weighted by molar-refractivity contribution is 5.85. The second-order valence-electron chi connectivity index (χ2n) is 10.7. The van der Waals surface area contributed by atoms with Crippen molar-refractivity contribution in [2.24, 2.45) is 23.2 Å². The molecule has 1 amide bonds. The molecule has 4 aliphatic carbocycles. The van der Waals surface area contributed by atoms with Gasteiger partial charge in [0.25, 0.3) is 0 Å². The van der Waals surface area contributed by atoms with Crippen LogP contribution < -0.4 is 10.6 Å². The Kier molecular flexibility index (Phi) is 9.23. The smallest absolute Gasteiger partial charge is 0.239 e. The molecule has 32 heavy (non-hydrogen) atoms. The largest absolute Gasteiger partial charge is 0.395 e. The quantitative estimate of drug-likeness (QED) is 0.251. The van der Waals surface area contributed by atoms with Crippen molar-refractivity contribution in [2.75, 3.05) is 26.4 Å². The predicted molar refractivity (Wildman–Crippen MR) is 121 cm³/mol. The lowest BCUT2D eigenvalue weighted by atomic mass is 9.50. The van der Waals surface area contributed by atoms with Gasteiger partial charge >= 0.3 is 0 Å². The lowest BCUT2D eigenvalue weighted by Gasteiger charge is -2.56. The average Bonchev–Trinajstić information content (AvgIpc) is 2.73. The highest BCUT2D eigenvalue weighted by Gasteiger charge is 2.51. The fourth-order valence-corrected chi connectivity index (χ4v) is 7.04. The Morgan fingerprint density at radius 2 is 1.56 bits per heavy atom. The van der Waals surface area contributed by atoms with Crippen LogP contribution in [0.5, 0.6) is 0 Å². The Morgan fingerprint density at radius 3 is 2.16 bits per heavy atom. The predicted octanol–water partition coefficient (Wildman–Crippen LogP) is 0.343. The number of ether oxygens (including phenoxy) is 1. The molecule has 0 unspecified atom stereocenters. The van der Waals surface area contributed by atoms with Gasteiger partial charge in [-0.05, 0) is 81.0 Å². The van der Waals surface area contributed by atoms with Crippen LogP contribution in [0, 0.1) is 23.2 Å². The highest BCUT2D eigenvalue weighted by Crippen LogP contribution is 2.60. The van der Waals surface area contributed by atoms with Crippen molar-refractivity contribution in [1.29, 1.82) is 0 Å². The van der Waals surface area contributed by atoms with Gasteiger partial charge < -0.3 is 30.5 Å². The molecule has 5 fully saturated rings. The van der Waals surface area contributed by atoms with Gasteiger partial charge in [0.1, 0.15) is 24.4 Å². The molecule has 4 bridgehead atoms. The van der Waals surface area contributed by atoms with Gasteiger partial charge in [-0.15, -0.1) is 12.4 Å². The molecule has 0 aromatic rings. The van der Waals surface area contributed by atoms with Gasteiger partial charge in [-0.3, -0.25) is 10.1 Å². The molecule has 1 saturated heterocycles. The normalized spacial score (nSPS) is 42.5. The van der Waals surface area contributed by atoms with E-state index in [-0.39, 0.29) is 12.4 Å². The molecule has 5 aliphatic rings. The topological polar surface area (TPSA) is 131 Å². The van der Waals surface area contributed by atoms with Crippen LogP contribution in [-0.4, -0.2) is 83.1 Å². The van der Waals surface area contributed by atoms with E-state index in [1.807, 2.05) is 0 Å². The number of piperidine rings is 1. The van der Waals surface area contributed by atoms with Gasteiger partial charge in [0.05, 0.1) is 19.3 Å². The van der Waals surface area contributed by atoms with Crippen molar-refractivity contribution >= 4 is 18.3 Å². The molecule has 5 atom stereocenters. The number of hydrogen-bond donors (Lipinski definition) is 6. The fraction of sp³-hybridized carbons (Fsp3) is 0.957. The van der Waals surface area contributed by atoms with Crippen LogP contribution in [-0.2, 0) is 9.53 Å². The number of carbonyl (C=O) groups excluding carboxylic acids is 1. The summed E-state index contributed by atoms with van der Waals surface area (Å²) in [5.41, 5.74) is 0.459. The van der Waals surface area contributed by atoms with Gasteiger partial charge in [0.2, 0.25) is 5.91 Å². The van der Waals surface area contributed by atoms with Gasteiger partial charge in [0, 0.05) is 13.2 Å². The number of rotatable bonds is 10. The third kappa shape index (κ3) is 5.77. The molecule has 5 rings (SSSR count). The number of aliphatic hydroxyl groups is 4. The van der Waals surface area contributed by atoms with E-state index in [0.717, 1.165) is 50.2 Å². The molecule has 4 saturated carbocycles. The minimum absolute atomic E-state index is 0. The zero-order chi connectivity index (χ0) is 22.0. The third-order valence-corrected chi connectivity index (χ3v) is 8.16. The average molecular weight is 477 g/mol. The summed E-state index contributed by atoms with van der Waals surface area (Å²) in [6, 6.07) is -1.90. The maximum Gasteiger partial charge on any atom is 0.239 e. The first kappa shape index (κ1) is 26.1. The summed E-state index contributed by atoms with van der Waals surface area (Å²) in [5, 5.41) is 44.5. The summed E-state index contributed by atoms with van der Waals surface area (Å²) in [6.45, 7) is 1.72. The second-order valence-corrected chi connectivity index (χ2v) is 10.7. The van der Waals surface area contributed by atoms with Crippen LogP contribution in [0.25, 0.3) is 0 Å². The molecule has 0 aromatic carbocycles. The van der Waals surface area contributed by atoms with Crippen molar-refractivity contribution in [1.82, 2.24) is 10.6 Å². The van der Waals surface area contributed by atoms with Crippen LogP contribution in [0.4, 0.5) is 0 Å². The van der Waals surface area contributed by atoms with Crippen LogP contribution in [0.15, 0.2) is 0 Å². The maximum atomic E-state index is 12.3. The van der Waals surface area contributed by atoms with Gasteiger partial charge in [-0.1, -0.05) is 0 Å². The Bertz CT molecular complexity index is 586. The minimum atomic E-state index is -1.47. The zero-order valence-corrected chi connectivity index (χ0v) is 19.6. The fourth-order valence-electron chi connectivity index (χ4n) is 7.04. The molecule has 1 heterocycles. The van der Waals surface area contributed by atoms with E-state index in [0.29, 0.717) is 12.0 Å². The summed E-state index contributed by atoms with van der Waals surface area (Å²) in [7, 11) is 0. The molecular weight excluding hydrogens is 436 g/mol. The molecule has 186 valence electrons. The Balaban J connectivity index is 0.00000289. The minimum Gasteiger partial charge on any atom is -0.395 e. The Hall–Kier alpha value is -0.480. The van der Waals surface area contributed by atoms with Crippen LogP contribution >= 0.6 is 12.4 Å². The monoisotopic (exact) mass is 476 g/mol. The zero-order valence-electron chi connectivity index (χ0n) is 18.8. The molecule has 1 aliphatic heterocycles. The summed E-state index contributed by atoms with van der Waals surface area (Å²) in [6.07, 6.45) is 6.99. The third-order valence-electron chi connectivity index (χ3n) is 8.16. The van der Waals surface area contributed by atoms with E-state index < -0.39 is 42.9 Å². The first-order valence-electron chi connectivity index (χ1n) is 12.2. The number of aliphatic hydroxyl groups excluding tert-OH is 4.